The number of hydrogen-bond donors (Lipinski definition) is 3. The van der Waals surface area contributed by atoms with E-state index in [2.05, 4.69) is 22.3 Å². The van der Waals surface area contributed by atoms with Crippen LogP contribution in [0.1, 0.15) is 27.2 Å². The van der Waals surface area contributed by atoms with Gasteiger partial charge in [-0.1, -0.05) is 32.9 Å². The van der Waals surface area contributed by atoms with Gasteiger partial charge in [0.05, 0.1) is 0 Å². The number of nitrogens with one attached hydrogen (secondary N) is 3. The topological polar surface area (TPSA) is 87.3 Å². The normalized spacial score (nSPS) is 21.7. The van der Waals surface area contributed by atoms with Gasteiger partial charge >= 0.3 is 0 Å². The fourth-order valence-electron chi connectivity index (χ4n) is 2.84. The maximum Gasteiger partial charge on any atom is 0.244 e. The molecule has 1 aromatic rings. The lowest BCUT2D eigenvalue weighted by atomic mass is 9.94. The summed E-state index contributed by atoms with van der Waals surface area (Å²) in [6, 6.07) is 4.09. The van der Waals surface area contributed by atoms with Crippen LogP contribution in [-0.2, 0) is 14.8 Å². The summed E-state index contributed by atoms with van der Waals surface area (Å²) < 4.78 is 41.2. The monoisotopic (exact) mass is 407 g/mol. The van der Waals surface area contributed by atoms with Crippen molar-refractivity contribution in [2.75, 3.05) is 13.1 Å². The molecule has 1 amide bonds. The molecule has 0 saturated carbocycles. The lowest BCUT2D eigenvalue weighted by Crippen LogP contribution is -2.56. The Hall–Kier alpha value is -1.22. The molecule has 1 aliphatic heterocycles. The summed E-state index contributed by atoms with van der Waals surface area (Å²) in [6.07, 6.45) is 0.943. The smallest absolute Gasteiger partial charge is 0.244 e. The second-order valence-electron chi connectivity index (χ2n) is 6.86. The third-order valence-corrected chi connectivity index (χ3v) is 5.99. The fraction of sp³-hybridized carbons (Fsp3) is 0.588. The van der Waals surface area contributed by atoms with E-state index in [0.29, 0.717) is 12.5 Å². The Morgan fingerprint density at radius 1 is 1.31 bits per heavy atom. The molecule has 1 fully saturated rings. The van der Waals surface area contributed by atoms with E-state index in [0.717, 1.165) is 19.0 Å². The third-order valence-electron chi connectivity index (χ3n) is 4.51. The Labute approximate surface area is 160 Å². The largest absolute Gasteiger partial charge is 0.350 e. The summed E-state index contributed by atoms with van der Waals surface area (Å²) >= 11 is 0. The minimum atomic E-state index is -4.14. The summed E-state index contributed by atoms with van der Waals surface area (Å²) in [6.45, 7) is 7.10. The molecule has 0 aliphatic carbocycles. The van der Waals surface area contributed by atoms with Crippen LogP contribution in [0.2, 0.25) is 0 Å². The number of halogens is 2. The quantitative estimate of drug-likeness (QED) is 0.669. The first kappa shape index (κ1) is 22.8. The molecule has 1 aliphatic rings. The number of hydrogen-bond acceptors (Lipinski definition) is 4. The Kier molecular flexibility index (Phi) is 8.46. The molecule has 0 spiro atoms. The van der Waals surface area contributed by atoms with Gasteiger partial charge in [0, 0.05) is 12.6 Å². The molecule has 0 radical (unpaired) electrons. The first-order chi connectivity index (χ1) is 11.7. The fourth-order valence-corrected chi connectivity index (χ4v) is 4.26. The van der Waals surface area contributed by atoms with Crippen molar-refractivity contribution in [3.63, 3.8) is 0 Å². The molecule has 26 heavy (non-hydrogen) atoms. The lowest BCUT2D eigenvalue weighted by Gasteiger charge is -2.32. The Balaban J connectivity index is 0.00000338. The van der Waals surface area contributed by atoms with E-state index in [1.165, 1.54) is 18.2 Å². The molecule has 1 saturated heterocycles. The molecule has 1 heterocycles. The van der Waals surface area contributed by atoms with Crippen LogP contribution in [0.25, 0.3) is 0 Å². The predicted octanol–water partition coefficient (Wildman–Crippen LogP) is 1.66. The molecular weight excluding hydrogens is 381 g/mol. The standard InChI is InChI=1S/C17H26FN3O3S.ClH/c1-11(2)16(17(22)20-14-10-19-9-8-12(14)3)21-25(23,24)15-7-5-4-6-13(15)18;/h4-7,11-12,14,16,19,21H,8-10H2,1-3H3,(H,20,22);1H. The SMILES string of the molecule is CC(C)C(NS(=O)(=O)c1ccccc1F)C(=O)NC1CNCCC1C.Cl. The van der Waals surface area contributed by atoms with Gasteiger partial charge in [0.2, 0.25) is 15.9 Å². The highest BCUT2D eigenvalue weighted by Gasteiger charge is 2.32. The van der Waals surface area contributed by atoms with E-state index in [-0.39, 0.29) is 24.4 Å². The van der Waals surface area contributed by atoms with E-state index < -0.39 is 32.7 Å². The average Bonchev–Trinajstić information content (AvgIpc) is 2.54. The Morgan fingerprint density at radius 3 is 2.54 bits per heavy atom. The molecule has 2 rings (SSSR count). The molecular formula is C17H27ClFN3O3S. The van der Waals surface area contributed by atoms with Crippen molar-refractivity contribution in [3.05, 3.63) is 30.1 Å². The van der Waals surface area contributed by atoms with Crippen LogP contribution in [0.5, 0.6) is 0 Å². The molecule has 6 nitrogen and oxygen atoms in total. The third kappa shape index (κ3) is 5.64. The van der Waals surface area contributed by atoms with E-state index in [1.807, 2.05) is 0 Å². The van der Waals surface area contributed by atoms with Crippen molar-refractivity contribution < 1.29 is 17.6 Å². The van der Waals surface area contributed by atoms with Crippen LogP contribution in [0.4, 0.5) is 4.39 Å². The highest BCUT2D eigenvalue weighted by atomic mass is 35.5. The lowest BCUT2D eigenvalue weighted by molar-refractivity contribution is -0.124. The zero-order valence-electron chi connectivity index (χ0n) is 15.2. The first-order valence-electron chi connectivity index (χ1n) is 8.50. The number of carbonyl (C=O) groups is 1. The maximum atomic E-state index is 13.8. The number of piperidine rings is 1. The van der Waals surface area contributed by atoms with Crippen LogP contribution >= 0.6 is 12.4 Å². The summed E-state index contributed by atoms with van der Waals surface area (Å²) in [5.74, 6) is -1.21. The summed E-state index contributed by atoms with van der Waals surface area (Å²) in [7, 11) is -4.14. The highest BCUT2D eigenvalue weighted by molar-refractivity contribution is 7.89. The highest BCUT2D eigenvalue weighted by Crippen LogP contribution is 2.16. The molecule has 3 unspecified atom stereocenters. The minimum absolute atomic E-state index is 0. The van der Waals surface area contributed by atoms with Gasteiger partial charge in [0.15, 0.2) is 0 Å². The zero-order valence-corrected chi connectivity index (χ0v) is 16.8. The molecule has 0 bridgehead atoms. The molecule has 9 heteroatoms. The van der Waals surface area contributed by atoms with Gasteiger partial charge < -0.3 is 10.6 Å². The van der Waals surface area contributed by atoms with Crippen molar-refractivity contribution in [3.8, 4) is 0 Å². The van der Waals surface area contributed by atoms with Gasteiger partial charge in [0.25, 0.3) is 0 Å². The number of amides is 1. The van der Waals surface area contributed by atoms with Crippen LogP contribution < -0.4 is 15.4 Å². The van der Waals surface area contributed by atoms with Crippen LogP contribution in [0.3, 0.4) is 0 Å². The summed E-state index contributed by atoms with van der Waals surface area (Å²) in [4.78, 5) is 12.2. The summed E-state index contributed by atoms with van der Waals surface area (Å²) in [5.41, 5.74) is 0. The maximum absolute atomic E-state index is 13.8. The number of benzene rings is 1. The van der Waals surface area contributed by atoms with E-state index >= 15 is 0 Å². The van der Waals surface area contributed by atoms with E-state index in [9.17, 15) is 17.6 Å². The number of sulfonamides is 1. The Bertz CT molecular complexity index is 715. The summed E-state index contributed by atoms with van der Waals surface area (Å²) in [5, 5.41) is 6.13. The molecule has 3 N–H and O–H groups in total. The van der Waals surface area contributed by atoms with Gasteiger partial charge in [0.1, 0.15) is 16.8 Å². The van der Waals surface area contributed by atoms with Gasteiger partial charge in [-0.25, -0.2) is 12.8 Å². The van der Waals surface area contributed by atoms with Crippen LogP contribution in [0, 0.1) is 17.7 Å². The van der Waals surface area contributed by atoms with E-state index in [1.54, 1.807) is 13.8 Å². The van der Waals surface area contributed by atoms with Crippen molar-refractivity contribution in [1.82, 2.24) is 15.4 Å². The van der Waals surface area contributed by atoms with Crippen molar-refractivity contribution >= 4 is 28.3 Å². The predicted molar refractivity (Wildman–Crippen MR) is 101 cm³/mol. The molecule has 0 aromatic heterocycles. The second kappa shape index (κ2) is 9.64. The minimum Gasteiger partial charge on any atom is -0.350 e. The average molecular weight is 408 g/mol. The molecule has 1 aromatic carbocycles. The van der Waals surface area contributed by atoms with Crippen LogP contribution in [0.15, 0.2) is 29.2 Å². The first-order valence-corrected chi connectivity index (χ1v) is 9.98. The number of carbonyl (C=O) groups excluding carboxylic acids is 1. The number of rotatable bonds is 6. The van der Waals surface area contributed by atoms with Crippen molar-refractivity contribution in [2.45, 2.75) is 44.2 Å². The molecule has 148 valence electrons. The second-order valence-corrected chi connectivity index (χ2v) is 8.54. The molecule has 3 atom stereocenters. The van der Waals surface area contributed by atoms with Crippen LogP contribution in [-0.4, -0.2) is 39.5 Å². The van der Waals surface area contributed by atoms with Gasteiger partial charge in [-0.3, -0.25) is 4.79 Å². The van der Waals surface area contributed by atoms with Gasteiger partial charge in [-0.15, -0.1) is 12.4 Å². The van der Waals surface area contributed by atoms with Crippen molar-refractivity contribution in [1.29, 1.82) is 0 Å². The van der Waals surface area contributed by atoms with Gasteiger partial charge in [-0.2, -0.15) is 4.72 Å². The zero-order chi connectivity index (χ0) is 18.6. The van der Waals surface area contributed by atoms with Gasteiger partial charge in [-0.05, 0) is 36.9 Å². The van der Waals surface area contributed by atoms with E-state index in [4.69, 9.17) is 0 Å². The Morgan fingerprint density at radius 2 is 1.96 bits per heavy atom. The van der Waals surface area contributed by atoms with Crippen molar-refractivity contribution in [2.24, 2.45) is 11.8 Å².